The minimum Gasteiger partial charge on any atom is -0.399 e. The summed E-state index contributed by atoms with van der Waals surface area (Å²) in [5.74, 6) is 0.570. The Morgan fingerprint density at radius 1 is 0.929 bits per heavy atom. The second-order valence-corrected chi connectivity index (χ2v) is 4.02. The molecule has 0 spiro atoms. The van der Waals surface area contributed by atoms with E-state index in [0.717, 1.165) is 5.69 Å². The number of anilines is 1. The van der Waals surface area contributed by atoms with Gasteiger partial charge >= 0.3 is 0 Å². The molecule has 0 aliphatic heterocycles. The normalized spacial score (nSPS) is 11.1. The maximum Gasteiger partial charge on any atom is 0.0320 e. The van der Waals surface area contributed by atoms with E-state index in [4.69, 9.17) is 5.73 Å². The van der Waals surface area contributed by atoms with Gasteiger partial charge in [0.25, 0.3) is 0 Å². The van der Waals surface area contributed by atoms with Gasteiger partial charge in [0.1, 0.15) is 0 Å². The van der Waals surface area contributed by atoms with Crippen LogP contribution in [0.4, 0.5) is 5.69 Å². The number of hydrogen-bond donors (Lipinski definition) is 1. The molecule has 14 heavy (non-hydrogen) atoms. The molecular weight excluding hydrogens is 170 g/mol. The quantitative estimate of drug-likeness (QED) is 0.675. The molecule has 0 saturated heterocycles. The second kappa shape index (κ2) is 3.33. The molecule has 0 fully saturated rings. The van der Waals surface area contributed by atoms with Crippen LogP contribution < -0.4 is 5.73 Å². The fourth-order valence-electron chi connectivity index (χ4n) is 1.64. The molecule has 2 rings (SSSR count). The summed E-state index contributed by atoms with van der Waals surface area (Å²) in [5.41, 5.74) is 7.95. The molecule has 0 amide bonds. The van der Waals surface area contributed by atoms with Crippen molar-refractivity contribution < 1.29 is 0 Å². The van der Waals surface area contributed by atoms with Gasteiger partial charge < -0.3 is 5.73 Å². The van der Waals surface area contributed by atoms with E-state index < -0.39 is 0 Å². The molecule has 0 atom stereocenters. The first-order chi connectivity index (χ1) is 6.66. The fraction of sp³-hybridized carbons (Fsp3) is 0.231. The van der Waals surface area contributed by atoms with Crippen molar-refractivity contribution in [2.45, 2.75) is 19.8 Å². The van der Waals surface area contributed by atoms with Gasteiger partial charge in [-0.1, -0.05) is 38.1 Å². The van der Waals surface area contributed by atoms with Gasteiger partial charge in [-0.15, -0.1) is 0 Å². The van der Waals surface area contributed by atoms with Crippen molar-refractivity contribution in [3.05, 3.63) is 42.0 Å². The predicted octanol–water partition coefficient (Wildman–Crippen LogP) is 3.55. The van der Waals surface area contributed by atoms with Crippen molar-refractivity contribution in [2.75, 3.05) is 5.73 Å². The molecule has 2 aromatic carbocycles. The van der Waals surface area contributed by atoms with E-state index in [-0.39, 0.29) is 0 Å². The molecule has 0 saturated carbocycles. The zero-order chi connectivity index (χ0) is 10.1. The van der Waals surface area contributed by atoms with E-state index in [1.807, 2.05) is 12.1 Å². The van der Waals surface area contributed by atoms with Crippen molar-refractivity contribution >= 4 is 16.5 Å². The van der Waals surface area contributed by atoms with E-state index in [1.165, 1.54) is 16.3 Å². The highest BCUT2D eigenvalue weighted by atomic mass is 14.5. The summed E-state index contributed by atoms with van der Waals surface area (Å²) in [6.07, 6.45) is 0. The van der Waals surface area contributed by atoms with Crippen LogP contribution >= 0.6 is 0 Å². The van der Waals surface area contributed by atoms with Crippen LogP contribution in [0.5, 0.6) is 0 Å². The number of benzene rings is 2. The van der Waals surface area contributed by atoms with Crippen LogP contribution in [-0.2, 0) is 0 Å². The van der Waals surface area contributed by atoms with Gasteiger partial charge in [-0.05, 0) is 34.4 Å². The first-order valence-electron chi connectivity index (χ1n) is 4.96. The monoisotopic (exact) mass is 185 g/mol. The maximum absolute atomic E-state index is 5.75. The molecule has 0 aliphatic carbocycles. The Kier molecular flexibility index (Phi) is 2.16. The lowest BCUT2D eigenvalue weighted by molar-refractivity contribution is 0.869. The Bertz CT molecular complexity index is 458. The fourth-order valence-corrected chi connectivity index (χ4v) is 1.64. The largest absolute Gasteiger partial charge is 0.399 e. The Balaban J connectivity index is 2.63. The standard InChI is InChI=1S/C13H15N/c1-9(2)11-4-3-10-5-6-13(14)8-12(10)7-11/h3-9H,14H2,1-2H3. The molecule has 0 aliphatic rings. The lowest BCUT2D eigenvalue weighted by Gasteiger charge is -2.07. The SMILES string of the molecule is CC(C)c1ccc2ccc(N)cc2c1. The molecule has 72 valence electrons. The second-order valence-electron chi connectivity index (χ2n) is 4.02. The van der Waals surface area contributed by atoms with Crippen molar-refractivity contribution in [3.63, 3.8) is 0 Å². The van der Waals surface area contributed by atoms with E-state index in [0.29, 0.717) is 5.92 Å². The third-order valence-corrected chi connectivity index (χ3v) is 2.56. The van der Waals surface area contributed by atoms with E-state index >= 15 is 0 Å². The summed E-state index contributed by atoms with van der Waals surface area (Å²) >= 11 is 0. The number of nitrogen functional groups attached to an aromatic ring is 1. The van der Waals surface area contributed by atoms with E-state index in [9.17, 15) is 0 Å². The van der Waals surface area contributed by atoms with Crippen LogP contribution in [0.15, 0.2) is 36.4 Å². The van der Waals surface area contributed by atoms with Crippen LogP contribution in [0, 0.1) is 0 Å². The van der Waals surface area contributed by atoms with Gasteiger partial charge in [-0.3, -0.25) is 0 Å². The summed E-state index contributed by atoms with van der Waals surface area (Å²) in [5, 5.41) is 2.49. The Morgan fingerprint density at radius 2 is 1.64 bits per heavy atom. The smallest absolute Gasteiger partial charge is 0.0320 e. The maximum atomic E-state index is 5.75. The van der Waals surface area contributed by atoms with Crippen molar-refractivity contribution in [1.82, 2.24) is 0 Å². The van der Waals surface area contributed by atoms with Gasteiger partial charge in [0.05, 0.1) is 0 Å². The minimum atomic E-state index is 0.570. The van der Waals surface area contributed by atoms with Crippen LogP contribution in [0.3, 0.4) is 0 Å². The van der Waals surface area contributed by atoms with Crippen molar-refractivity contribution in [2.24, 2.45) is 0 Å². The van der Waals surface area contributed by atoms with Gasteiger partial charge in [0.2, 0.25) is 0 Å². The molecule has 2 N–H and O–H groups in total. The predicted molar refractivity (Wildman–Crippen MR) is 62.4 cm³/mol. The lowest BCUT2D eigenvalue weighted by Crippen LogP contribution is -1.88. The first-order valence-corrected chi connectivity index (χ1v) is 4.96. The average Bonchev–Trinajstić information content (AvgIpc) is 2.16. The van der Waals surface area contributed by atoms with Gasteiger partial charge in [0.15, 0.2) is 0 Å². The van der Waals surface area contributed by atoms with Crippen LogP contribution in [0.1, 0.15) is 25.3 Å². The Hall–Kier alpha value is -1.50. The number of rotatable bonds is 1. The highest BCUT2D eigenvalue weighted by Gasteiger charge is 2.00. The van der Waals surface area contributed by atoms with E-state index in [1.54, 1.807) is 0 Å². The zero-order valence-electron chi connectivity index (χ0n) is 8.62. The molecule has 0 bridgehead atoms. The summed E-state index contributed by atoms with van der Waals surface area (Å²) in [4.78, 5) is 0. The molecule has 0 unspecified atom stereocenters. The number of nitrogens with two attached hydrogens (primary N) is 1. The highest BCUT2D eigenvalue weighted by molar-refractivity contribution is 5.86. The van der Waals surface area contributed by atoms with E-state index in [2.05, 4.69) is 38.1 Å². The Labute approximate surface area is 84.5 Å². The Morgan fingerprint density at radius 3 is 2.36 bits per heavy atom. The topological polar surface area (TPSA) is 26.0 Å². The zero-order valence-corrected chi connectivity index (χ0v) is 8.62. The highest BCUT2D eigenvalue weighted by Crippen LogP contribution is 2.22. The van der Waals surface area contributed by atoms with Crippen molar-refractivity contribution in [3.8, 4) is 0 Å². The number of hydrogen-bond acceptors (Lipinski definition) is 1. The lowest BCUT2D eigenvalue weighted by atomic mass is 9.99. The van der Waals surface area contributed by atoms with Gasteiger partial charge in [0, 0.05) is 5.69 Å². The summed E-state index contributed by atoms with van der Waals surface area (Å²) < 4.78 is 0. The van der Waals surface area contributed by atoms with Crippen LogP contribution in [-0.4, -0.2) is 0 Å². The molecule has 1 heteroatoms. The molecular formula is C13H15N. The minimum absolute atomic E-state index is 0.570. The van der Waals surface area contributed by atoms with Gasteiger partial charge in [-0.25, -0.2) is 0 Å². The molecule has 1 nitrogen and oxygen atoms in total. The van der Waals surface area contributed by atoms with Gasteiger partial charge in [-0.2, -0.15) is 0 Å². The first kappa shape index (κ1) is 9.07. The molecule has 0 radical (unpaired) electrons. The molecule has 0 heterocycles. The summed E-state index contributed by atoms with van der Waals surface area (Å²) in [7, 11) is 0. The number of fused-ring (bicyclic) bond motifs is 1. The average molecular weight is 185 g/mol. The van der Waals surface area contributed by atoms with Crippen LogP contribution in [0.2, 0.25) is 0 Å². The summed E-state index contributed by atoms with van der Waals surface area (Å²) in [6, 6.07) is 12.6. The third-order valence-electron chi connectivity index (χ3n) is 2.56. The molecule has 2 aromatic rings. The van der Waals surface area contributed by atoms with Crippen molar-refractivity contribution in [1.29, 1.82) is 0 Å². The summed E-state index contributed by atoms with van der Waals surface area (Å²) in [6.45, 7) is 4.40. The van der Waals surface area contributed by atoms with Crippen LogP contribution in [0.25, 0.3) is 10.8 Å². The molecule has 0 aromatic heterocycles. The third kappa shape index (κ3) is 1.58.